The van der Waals surface area contributed by atoms with E-state index in [4.69, 9.17) is 10.00 Å². The number of carbonyl (C=O) groups excluding carboxylic acids is 1. The van der Waals surface area contributed by atoms with E-state index < -0.39 is 0 Å². The fraction of sp³-hybridized carbons (Fsp3) is 0.429. The van der Waals surface area contributed by atoms with Gasteiger partial charge in [0.1, 0.15) is 12.4 Å². The number of rotatable bonds is 4. The second kappa shape index (κ2) is 6.21. The Morgan fingerprint density at radius 3 is 3.00 bits per heavy atom. The minimum absolute atomic E-state index is 0.151. The summed E-state index contributed by atoms with van der Waals surface area (Å²) in [7, 11) is 1.82. The third kappa shape index (κ3) is 3.70. The number of nitrogens with zero attached hydrogens (tertiary/aromatic N) is 3. The van der Waals surface area contributed by atoms with Gasteiger partial charge in [-0.25, -0.2) is 0 Å². The first-order chi connectivity index (χ1) is 9.19. The zero-order valence-corrected chi connectivity index (χ0v) is 11.0. The van der Waals surface area contributed by atoms with Gasteiger partial charge in [0, 0.05) is 26.7 Å². The van der Waals surface area contributed by atoms with Gasteiger partial charge in [-0.1, -0.05) is 6.07 Å². The lowest BCUT2D eigenvalue weighted by Crippen LogP contribution is -2.49. The quantitative estimate of drug-likeness (QED) is 0.799. The maximum atomic E-state index is 11.5. The Kier molecular flexibility index (Phi) is 4.37. The Hall–Kier alpha value is -2.06. The van der Waals surface area contributed by atoms with E-state index in [2.05, 4.69) is 11.0 Å². The molecule has 0 saturated carbocycles. The number of carbonyl (C=O) groups is 1. The summed E-state index contributed by atoms with van der Waals surface area (Å²) >= 11 is 0. The van der Waals surface area contributed by atoms with Gasteiger partial charge < -0.3 is 9.64 Å². The van der Waals surface area contributed by atoms with Crippen molar-refractivity contribution in [2.45, 2.75) is 0 Å². The molecule has 0 N–H and O–H groups in total. The highest BCUT2D eigenvalue weighted by atomic mass is 16.5. The van der Waals surface area contributed by atoms with Crippen LogP contribution in [0, 0.1) is 11.3 Å². The van der Waals surface area contributed by atoms with E-state index >= 15 is 0 Å². The first kappa shape index (κ1) is 13.4. The highest BCUT2D eigenvalue weighted by Gasteiger charge is 2.20. The minimum Gasteiger partial charge on any atom is -0.492 e. The molecule has 1 aromatic carbocycles. The second-order valence-corrected chi connectivity index (χ2v) is 4.58. The summed E-state index contributed by atoms with van der Waals surface area (Å²) in [5.41, 5.74) is 0.590. The Labute approximate surface area is 113 Å². The summed E-state index contributed by atoms with van der Waals surface area (Å²) in [5, 5.41) is 8.79. The normalized spacial score (nSPS) is 16.2. The number of hydrogen-bond donors (Lipinski definition) is 0. The summed E-state index contributed by atoms with van der Waals surface area (Å²) in [6.45, 7) is 3.34. The molecule has 5 heteroatoms. The zero-order valence-electron chi connectivity index (χ0n) is 11.0. The van der Waals surface area contributed by atoms with Gasteiger partial charge in [0.15, 0.2) is 0 Å². The molecule has 5 nitrogen and oxygen atoms in total. The molecule has 0 atom stereocenters. The summed E-state index contributed by atoms with van der Waals surface area (Å²) in [5.74, 6) is 0.845. The van der Waals surface area contributed by atoms with Crippen LogP contribution < -0.4 is 4.74 Å². The van der Waals surface area contributed by atoms with Crippen LogP contribution in [0.5, 0.6) is 5.75 Å². The molecule has 1 heterocycles. The van der Waals surface area contributed by atoms with Crippen molar-refractivity contribution in [3.05, 3.63) is 29.8 Å². The lowest BCUT2D eigenvalue weighted by molar-refractivity contribution is -0.134. The van der Waals surface area contributed by atoms with Gasteiger partial charge in [-0.2, -0.15) is 5.26 Å². The monoisotopic (exact) mass is 259 g/mol. The first-order valence-electron chi connectivity index (χ1n) is 6.28. The van der Waals surface area contributed by atoms with Crippen molar-refractivity contribution in [2.24, 2.45) is 0 Å². The van der Waals surface area contributed by atoms with E-state index in [-0.39, 0.29) is 5.91 Å². The molecule has 100 valence electrons. The Morgan fingerprint density at radius 2 is 2.26 bits per heavy atom. The van der Waals surface area contributed by atoms with Crippen molar-refractivity contribution < 1.29 is 9.53 Å². The molecule has 0 radical (unpaired) electrons. The minimum atomic E-state index is 0.151. The number of ether oxygens (including phenoxy) is 1. The molecule has 0 bridgehead atoms. The van der Waals surface area contributed by atoms with Crippen LogP contribution >= 0.6 is 0 Å². The van der Waals surface area contributed by atoms with Crippen molar-refractivity contribution in [1.29, 1.82) is 5.26 Å². The van der Waals surface area contributed by atoms with Gasteiger partial charge in [-0.15, -0.1) is 0 Å². The van der Waals surface area contributed by atoms with Gasteiger partial charge in [0.25, 0.3) is 0 Å². The molecule has 1 aliphatic heterocycles. The molecule has 0 unspecified atom stereocenters. The molecular formula is C14H17N3O2. The van der Waals surface area contributed by atoms with Crippen molar-refractivity contribution in [2.75, 3.05) is 39.8 Å². The highest BCUT2D eigenvalue weighted by molar-refractivity contribution is 5.78. The number of piperazine rings is 1. The van der Waals surface area contributed by atoms with Crippen molar-refractivity contribution in [3.8, 4) is 11.8 Å². The highest BCUT2D eigenvalue weighted by Crippen LogP contribution is 2.12. The molecule has 1 fully saturated rings. The first-order valence-corrected chi connectivity index (χ1v) is 6.28. The lowest BCUT2D eigenvalue weighted by atomic mass is 10.2. The van der Waals surface area contributed by atoms with E-state index in [0.29, 0.717) is 24.5 Å². The van der Waals surface area contributed by atoms with Crippen LogP contribution in [0.2, 0.25) is 0 Å². The molecule has 1 saturated heterocycles. The van der Waals surface area contributed by atoms with Crippen LogP contribution in [0.1, 0.15) is 5.56 Å². The molecule has 1 aliphatic rings. The Balaban J connectivity index is 1.77. The molecule has 0 spiro atoms. The maximum absolute atomic E-state index is 11.5. The molecule has 0 aromatic heterocycles. The van der Waals surface area contributed by atoms with Crippen LogP contribution in [0.4, 0.5) is 0 Å². The van der Waals surface area contributed by atoms with Crippen molar-refractivity contribution >= 4 is 5.91 Å². The summed E-state index contributed by atoms with van der Waals surface area (Å²) in [6, 6.07) is 9.16. The van der Waals surface area contributed by atoms with E-state index in [1.807, 2.05) is 13.1 Å². The molecule has 2 rings (SSSR count). The molecule has 1 aromatic rings. The lowest BCUT2D eigenvalue weighted by Gasteiger charge is -2.31. The average Bonchev–Trinajstić information content (AvgIpc) is 2.43. The number of amides is 1. The number of likely N-dealkylation sites (N-methyl/N-ethyl adjacent to an activating group) is 1. The predicted octanol–water partition coefficient (Wildman–Crippen LogP) is 0.711. The standard InChI is InChI=1S/C14H17N3O2/c1-16-5-6-17(11-14(16)18)7-8-19-13-4-2-3-12(9-13)10-15/h2-4,9H,5-8,11H2,1H3. The van der Waals surface area contributed by atoms with E-state index in [0.717, 1.165) is 19.6 Å². The van der Waals surface area contributed by atoms with Crippen LogP contribution in [0.3, 0.4) is 0 Å². The van der Waals surface area contributed by atoms with E-state index in [1.54, 1.807) is 23.1 Å². The largest absolute Gasteiger partial charge is 0.492 e. The third-order valence-electron chi connectivity index (χ3n) is 3.18. The summed E-state index contributed by atoms with van der Waals surface area (Å²) in [4.78, 5) is 15.4. The molecule has 0 aliphatic carbocycles. The fourth-order valence-electron chi connectivity index (χ4n) is 1.95. The SMILES string of the molecule is CN1CCN(CCOc2cccc(C#N)c2)CC1=O. The predicted molar refractivity (Wildman–Crippen MR) is 70.7 cm³/mol. The van der Waals surface area contributed by atoms with Gasteiger partial charge >= 0.3 is 0 Å². The fourth-order valence-corrected chi connectivity index (χ4v) is 1.95. The van der Waals surface area contributed by atoms with Crippen molar-refractivity contribution in [3.63, 3.8) is 0 Å². The van der Waals surface area contributed by atoms with E-state index in [1.165, 1.54) is 0 Å². The zero-order chi connectivity index (χ0) is 13.7. The molecule has 1 amide bonds. The third-order valence-corrected chi connectivity index (χ3v) is 3.18. The smallest absolute Gasteiger partial charge is 0.236 e. The van der Waals surface area contributed by atoms with Gasteiger partial charge in [0.05, 0.1) is 18.2 Å². The van der Waals surface area contributed by atoms with Gasteiger partial charge in [-0.3, -0.25) is 9.69 Å². The number of hydrogen-bond acceptors (Lipinski definition) is 4. The summed E-state index contributed by atoms with van der Waals surface area (Å²) < 4.78 is 5.60. The van der Waals surface area contributed by atoms with Crippen molar-refractivity contribution in [1.82, 2.24) is 9.80 Å². The van der Waals surface area contributed by atoms with Crippen LogP contribution in [-0.2, 0) is 4.79 Å². The van der Waals surface area contributed by atoms with Crippen LogP contribution in [0.15, 0.2) is 24.3 Å². The maximum Gasteiger partial charge on any atom is 0.236 e. The number of nitriles is 1. The average molecular weight is 259 g/mol. The Bertz CT molecular complexity index is 496. The topological polar surface area (TPSA) is 56.6 Å². The second-order valence-electron chi connectivity index (χ2n) is 4.58. The van der Waals surface area contributed by atoms with E-state index in [9.17, 15) is 4.79 Å². The number of benzene rings is 1. The van der Waals surface area contributed by atoms with Gasteiger partial charge in [0.2, 0.25) is 5.91 Å². The van der Waals surface area contributed by atoms with Crippen LogP contribution in [-0.4, -0.2) is 55.5 Å². The van der Waals surface area contributed by atoms with Gasteiger partial charge in [-0.05, 0) is 18.2 Å². The molecular weight excluding hydrogens is 242 g/mol. The summed E-state index contributed by atoms with van der Waals surface area (Å²) in [6.07, 6.45) is 0. The Morgan fingerprint density at radius 1 is 1.42 bits per heavy atom. The van der Waals surface area contributed by atoms with Crippen LogP contribution in [0.25, 0.3) is 0 Å². The molecule has 19 heavy (non-hydrogen) atoms.